The van der Waals surface area contributed by atoms with Crippen LogP contribution in [0.15, 0.2) is 48.8 Å². The lowest BCUT2D eigenvalue weighted by molar-refractivity contribution is 0.672. The van der Waals surface area contributed by atoms with Crippen molar-refractivity contribution < 1.29 is 0 Å². The molecule has 3 nitrogen and oxygen atoms in total. The van der Waals surface area contributed by atoms with Gasteiger partial charge in [-0.3, -0.25) is 9.97 Å². The van der Waals surface area contributed by atoms with E-state index in [0.29, 0.717) is 10.0 Å². The van der Waals surface area contributed by atoms with Crippen LogP contribution in [-0.2, 0) is 0 Å². The summed E-state index contributed by atoms with van der Waals surface area (Å²) in [5.41, 5.74) is 2.75. The molecular formula is C16H13Cl2N3. The standard InChI is InChI=1S/C16H13Cl2N3/c1-19-15(16-13(18)8-12(17)9-21-16)11-5-4-10-3-2-6-20-14(10)7-11/h2-9,15,19H,1H3. The zero-order valence-electron chi connectivity index (χ0n) is 11.3. The summed E-state index contributed by atoms with van der Waals surface area (Å²) in [5, 5.41) is 5.42. The molecule has 2 heterocycles. The first-order valence-electron chi connectivity index (χ1n) is 6.52. The topological polar surface area (TPSA) is 37.8 Å². The van der Waals surface area contributed by atoms with Crippen molar-refractivity contribution in [3.05, 3.63) is 70.1 Å². The van der Waals surface area contributed by atoms with Gasteiger partial charge >= 0.3 is 0 Å². The van der Waals surface area contributed by atoms with Gasteiger partial charge in [-0.05, 0) is 30.8 Å². The number of fused-ring (bicyclic) bond motifs is 1. The second kappa shape index (κ2) is 5.98. The lowest BCUT2D eigenvalue weighted by Crippen LogP contribution is -2.19. The third-order valence-corrected chi connectivity index (χ3v) is 3.87. The van der Waals surface area contributed by atoms with Gasteiger partial charge in [-0.1, -0.05) is 41.4 Å². The third kappa shape index (κ3) is 2.86. The van der Waals surface area contributed by atoms with Gasteiger partial charge in [0.2, 0.25) is 0 Å². The van der Waals surface area contributed by atoms with Crippen molar-refractivity contribution in [2.24, 2.45) is 0 Å². The molecule has 0 aliphatic heterocycles. The number of hydrogen-bond donors (Lipinski definition) is 1. The van der Waals surface area contributed by atoms with Gasteiger partial charge in [0.25, 0.3) is 0 Å². The number of rotatable bonds is 3. The van der Waals surface area contributed by atoms with Crippen molar-refractivity contribution >= 4 is 34.1 Å². The summed E-state index contributed by atoms with van der Waals surface area (Å²) in [6.07, 6.45) is 3.39. The van der Waals surface area contributed by atoms with Gasteiger partial charge in [-0.15, -0.1) is 0 Å². The molecule has 0 spiro atoms. The summed E-state index contributed by atoms with van der Waals surface area (Å²) < 4.78 is 0. The zero-order chi connectivity index (χ0) is 14.8. The monoisotopic (exact) mass is 317 g/mol. The summed E-state index contributed by atoms with van der Waals surface area (Å²) in [7, 11) is 1.87. The van der Waals surface area contributed by atoms with Crippen LogP contribution in [0.3, 0.4) is 0 Å². The van der Waals surface area contributed by atoms with Crippen LogP contribution in [0.25, 0.3) is 10.9 Å². The van der Waals surface area contributed by atoms with Gasteiger partial charge in [0.05, 0.1) is 27.3 Å². The first-order valence-corrected chi connectivity index (χ1v) is 7.27. The molecule has 1 unspecified atom stereocenters. The van der Waals surface area contributed by atoms with Gasteiger partial charge in [0, 0.05) is 17.8 Å². The average molecular weight is 318 g/mol. The molecule has 0 bridgehead atoms. The van der Waals surface area contributed by atoms with E-state index in [9.17, 15) is 0 Å². The summed E-state index contributed by atoms with van der Waals surface area (Å²) >= 11 is 12.2. The lowest BCUT2D eigenvalue weighted by atomic mass is 10.0. The fourth-order valence-electron chi connectivity index (χ4n) is 2.36. The molecule has 1 N–H and O–H groups in total. The first kappa shape index (κ1) is 14.3. The van der Waals surface area contributed by atoms with Crippen molar-refractivity contribution in [1.29, 1.82) is 0 Å². The summed E-state index contributed by atoms with van der Waals surface area (Å²) in [6.45, 7) is 0. The molecule has 1 aromatic carbocycles. The molecule has 21 heavy (non-hydrogen) atoms. The van der Waals surface area contributed by atoms with E-state index in [2.05, 4.69) is 21.4 Å². The number of halogens is 2. The van der Waals surface area contributed by atoms with Gasteiger partial charge in [-0.2, -0.15) is 0 Å². The number of nitrogens with one attached hydrogen (secondary N) is 1. The lowest BCUT2D eigenvalue weighted by Gasteiger charge is -2.18. The highest BCUT2D eigenvalue weighted by molar-refractivity contribution is 6.34. The Hall–Kier alpha value is -1.68. The van der Waals surface area contributed by atoms with Crippen LogP contribution < -0.4 is 5.32 Å². The van der Waals surface area contributed by atoms with Crippen molar-refractivity contribution in [2.75, 3.05) is 7.05 Å². The highest BCUT2D eigenvalue weighted by Gasteiger charge is 2.17. The van der Waals surface area contributed by atoms with E-state index >= 15 is 0 Å². The molecule has 5 heteroatoms. The first-order chi connectivity index (χ1) is 10.2. The van der Waals surface area contributed by atoms with E-state index < -0.39 is 0 Å². The molecule has 0 fully saturated rings. The number of nitrogens with zero attached hydrogens (tertiary/aromatic N) is 2. The van der Waals surface area contributed by atoms with Gasteiger partial charge in [-0.25, -0.2) is 0 Å². The van der Waals surface area contributed by atoms with Crippen LogP contribution in [-0.4, -0.2) is 17.0 Å². The maximum absolute atomic E-state index is 6.27. The van der Waals surface area contributed by atoms with E-state index in [1.54, 1.807) is 18.5 Å². The normalized spacial score (nSPS) is 12.5. The van der Waals surface area contributed by atoms with E-state index in [-0.39, 0.29) is 6.04 Å². The Balaban J connectivity index is 2.09. The molecule has 0 aliphatic carbocycles. The third-order valence-electron chi connectivity index (χ3n) is 3.36. The van der Waals surface area contributed by atoms with Crippen LogP contribution in [0.4, 0.5) is 0 Å². The van der Waals surface area contributed by atoms with Crippen LogP contribution in [0, 0.1) is 0 Å². The average Bonchev–Trinajstić information content (AvgIpc) is 2.50. The van der Waals surface area contributed by atoms with Crippen LogP contribution in [0.5, 0.6) is 0 Å². The highest BCUT2D eigenvalue weighted by Crippen LogP contribution is 2.29. The Kier molecular flexibility index (Phi) is 4.06. The summed E-state index contributed by atoms with van der Waals surface area (Å²) in [6, 6.07) is 11.7. The molecule has 0 saturated heterocycles. The van der Waals surface area contributed by atoms with Crippen molar-refractivity contribution in [2.45, 2.75) is 6.04 Å². The van der Waals surface area contributed by atoms with E-state index in [4.69, 9.17) is 23.2 Å². The molecule has 0 radical (unpaired) electrons. The largest absolute Gasteiger partial charge is 0.308 e. The molecule has 3 aromatic rings. The maximum atomic E-state index is 6.27. The molecular weight excluding hydrogens is 305 g/mol. The predicted molar refractivity (Wildman–Crippen MR) is 86.9 cm³/mol. The summed E-state index contributed by atoms with van der Waals surface area (Å²) in [5.74, 6) is 0. The Morgan fingerprint density at radius 3 is 2.71 bits per heavy atom. The Bertz CT molecular complexity index is 789. The Morgan fingerprint density at radius 2 is 1.95 bits per heavy atom. The maximum Gasteiger partial charge on any atom is 0.0805 e. The smallest absolute Gasteiger partial charge is 0.0805 e. The van der Waals surface area contributed by atoms with Crippen molar-refractivity contribution in [3.8, 4) is 0 Å². The number of benzene rings is 1. The minimum Gasteiger partial charge on any atom is -0.308 e. The minimum absolute atomic E-state index is 0.110. The number of pyridine rings is 2. The van der Waals surface area contributed by atoms with Crippen molar-refractivity contribution in [1.82, 2.24) is 15.3 Å². The fraction of sp³-hybridized carbons (Fsp3) is 0.125. The quantitative estimate of drug-likeness (QED) is 0.785. The SMILES string of the molecule is CNC(c1ccc2cccnc2c1)c1ncc(Cl)cc1Cl. The summed E-state index contributed by atoms with van der Waals surface area (Å²) in [4.78, 5) is 8.75. The zero-order valence-corrected chi connectivity index (χ0v) is 12.9. The number of aromatic nitrogens is 2. The molecule has 1 atom stereocenters. The molecule has 106 valence electrons. The van der Waals surface area contributed by atoms with Crippen LogP contribution in [0.1, 0.15) is 17.3 Å². The Labute approximate surface area is 132 Å². The number of hydrogen-bond acceptors (Lipinski definition) is 3. The molecule has 0 saturated carbocycles. The van der Waals surface area contributed by atoms with Crippen LogP contribution in [0.2, 0.25) is 10.0 Å². The highest BCUT2D eigenvalue weighted by atomic mass is 35.5. The van der Waals surface area contributed by atoms with E-state index in [1.807, 2.05) is 31.3 Å². The van der Waals surface area contributed by atoms with Gasteiger partial charge in [0.1, 0.15) is 0 Å². The predicted octanol–water partition coefficient (Wildman–Crippen LogP) is 4.25. The van der Waals surface area contributed by atoms with Gasteiger partial charge in [0.15, 0.2) is 0 Å². The molecule has 0 amide bonds. The fourth-order valence-corrected chi connectivity index (χ4v) is 2.85. The van der Waals surface area contributed by atoms with E-state index in [0.717, 1.165) is 22.2 Å². The Morgan fingerprint density at radius 1 is 1.10 bits per heavy atom. The molecule has 0 aliphatic rings. The molecule has 3 rings (SSSR count). The molecule has 2 aromatic heterocycles. The second-order valence-corrected chi connectivity index (χ2v) is 5.54. The second-order valence-electron chi connectivity index (χ2n) is 4.70. The van der Waals surface area contributed by atoms with E-state index in [1.165, 1.54) is 0 Å². The van der Waals surface area contributed by atoms with Gasteiger partial charge < -0.3 is 5.32 Å². The minimum atomic E-state index is -0.110. The van der Waals surface area contributed by atoms with Crippen LogP contribution >= 0.6 is 23.2 Å². The van der Waals surface area contributed by atoms with Crippen molar-refractivity contribution in [3.63, 3.8) is 0 Å².